The number of amides is 1. The molecule has 3 rings (SSSR count). The SMILES string of the molecule is Cc1ncc(CN2CCC(NC(=O)c3ccc[nH]3)C(C)C2)s1. The monoisotopic (exact) mass is 318 g/mol. The second-order valence-electron chi connectivity index (χ2n) is 6.01. The average Bonchev–Trinajstić information content (AvgIpc) is 3.13. The number of likely N-dealkylation sites (tertiary alicyclic amines) is 1. The standard InChI is InChI=1S/C16H22N4OS/c1-11-9-20(10-13-8-18-12(2)22-13)7-5-14(11)19-16(21)15-4-3-6-17-15/h3-4,6,8,11,14,17H,5,7,9-10H2,1-2H3,(H,19,21). The van der Waals surface area contributed by atoms with Gasteiger partial charge in [-0.3, -0.25) is 9.69 Å². The summed E-state index contributed by atoms with van der Waals surface area (Å²) in [5, 5.41) is 4.27. The molecule has 0 radical (unpaired) electrons. The molecule has 1 saturated heterocycles. The van der Waals surface area contributed by atoms with E-state index in [1.54, 1.807) is 23.6 Å². The topological polar surface area (TPSA) is 61.0 Å². The molecule has 0 spiro atoms. The largest absolute Gasteiger partial charge is 0.357 e. The molecule has 2 unspecified atom stereocenters. The van der Waals surface area contributed by atoms with Crippen molar-refractivity contribution in [3.63, 3.8) is 0 Å². The van der Waals surface area contributed by atoms with Gasteiger partial charge in [0.1, 0.15) is 5.69 Å². The van der Waals surface area contributed by atoms with Gasteiger partial charge in [-0.25, -0.2) is 4.98 Å². The van der Waals surface area contributed by atoms with Crippen LogP contribution in [0.3, 0.4) is 0 Å². The molecular weight excluding hydrogens is 296 g/mol. The molecule has 2 aromatic rings. The van der Waals surface area contributed by atoms with Crippen LogP contribution in [0.15, 0.2) is 24.5 Å². The molecule has 5 nitrogen and oxygen atoms in total. The van der Waals surface area contributed by atoms with Gasteiger partial charge in [-0.2, -0.15) is 0 Å². The number of hydrogen-bond acceptors (Lipinski definition) is 4. The quantitative estimate of drug-likeness (QED) is 0.910. The third-order valence-electron chi connectivity index (χ3n) is 4.20. The maximum atomic E-state index is 12.1. The Morgan fingerprint density at radius 1 is 1.59 bits per heavy atom. The van der Waals surface area contributed by atoms with Crippen molar-refractivity contribution < 1.29 is 4.79 Å². The summed E-state index contributed by atoms with van der Waals surface area (Å²) in [6.07, 6.45) is 4.74. The first-order chi connectivity index (χ1) is 10.6. The Kier molecular flexibility index (Phi) is 4.59. The molecule has 2 aromatic heterocycles. The molecule has 0 bridgehead atoms. The second kappa shape index (κ2) is 6.62. The molecule has 1 aliphatic rings. The highest BCUT2D eigenvalue weighted by Crippen LogP contribution is 2.21. The highest BCUT2D eigenvalue weighted by Gasteiger charge is 2.27. The molecule has 1 fully saturated rings. The van der Waals surface area contributed by atoms with Crippen LogP contribution in [0.1, 0.15) is 33.7 Å². The second-order valence-corrected chi connectivity index (χ2v) is 7.33. The van der Waals surface area contributed by atoms with Gasteiger partial charge in [0.05, 0.1) is 5.01 Å². The Hall–Kier alpha value is -1.66. The first kappa shape index (κ1) is 15.2. The number of carbonyl (C=O) groups excluding carboxylic acids is 1. The number of nitrogens with one attached hydrogen (secondary N) is 2. The molecule has 1 aliphatic heterocycles. The van der Waals surface area contributed by atoms with Gasteiger partial charge in [0.25, 0.3) is 5.91 Å². The summed E-state index contributed by atoms with van der Waals surface area (Å²) >= 11 is 1.77. The first-order valence-electron chi connectivity index (χ1n) is 7.69. The zero-order valence-electron chi connectivity index (χ0n) is 13.0. The normalized spacial score (nSPS) is 22.6. The lowest BCUT2D eigenvalue weighted by atomic mass is 9.93. The lowest BCUT2D eigenvalue weighted by Gasteiger charge is -2.37. The minimum atomic E-state index is -0.00613. The first-order valence-corrected chi connectivity index (χ1v) is 8.51. The van der Waals surface area contributed by atoms with E-state index in [9.17, 15) is 4.79 Å². The van der Waals surface area contributed by atoms with Crippen molar-refractivity contribution >= 4 is 17.2 Å². The van der Waals surface area contributed by atoms with E-state index in [0.29, 0.717) is 11.6 Å². The number of aromatic amines is 1. The minimum Gasteiger partial charge on any atom is -0.357 e. The van der Waals surface area contributed by atoms with E-state index >= 15 is 0 Å². The fourth-order valence-electron chi connectivity index (χ4n) is 3.01. The van der Waals surface area contributed by atoms with Crippen molar-refractivity contribution in [2.45, 2.75) is 32.9 Å². The Labute approximate surface area is 134 Å². The van der Waals surface area contributed by atoms with Crippen LogP contribution in [0.25, 0.3) is 0 Å². The number of hydrogen-bond donors (Lipinski definition) is 2. The average molecular weight is 318 g/mol. The molecule has 6 heteroatoms. The number of piperidine rings is 1. The van der Waals surface area contributed by atoms with Crippen molar-refractivity contribution in [1.29, 1.82) is 0 Å². The Morgan fingerprint density at radius 3 is 3.09 bits per heavy atom. The van der Waals surface area contributed by atoms with Gasteiger partial charge in [0, 0.05) is 42.9 Å². The number of thiazole rings is 1. The molecule has 0 aliphatic carbocycles. The van der Waals surface area contributed by atoms with Crippen molar-refractivity contribution in [3.8, 4) is 0 Å². The fraction of sp³-hybridized carbons (Fsp3) is 0.500. The molecule has 2 N–H and O–H groups in total. The summed E-state index contributed by atoms with van der Waals surface area (Å²) in [7, 11) is 0. The summed E-state index contributed by atoms with van der Waals surface area (Å²) in [5.41, 5.74) is 0.634. The van der Waals surface area contributed by atoms with Crippen LogP contribution >= 0.6 is 11.3 Å². The maximum absolute atomic E-state index is 12.1. The summed E-state index contributed by atoms with van der Waals surface area (Å²) in [5.74, 6) is 0.440. The van der Waals surface area contributed by atoms with Crippen molar-refractivity contribution in [2.24, 2.45) is 5.92 Å². The van der Waals surface area contributed by atoms with Gasteiger partial charge in [-0.1, -0.05) is 6.92 Å². The summed E-state index contributed by atoms with van der Waals surface area (Å²) in [6.45, 7) is 7.24. The lowest BCUT2D eigenvalue weighted by molar-refractivity contribution is 0.0857. The molecular formula is C16H22N4OS. The number of rotatable bonds is 4. The van der Waals surface area contributed by atoms with Crippen LogP contribution in [-0.4, -0.2) is 39.9 Å². The van der Waals surface area contributed by atoms with Crippen molar-refractivity contribution in [2.75, 3.05) is 13.1 Å². The van der Waals surface area contributed by atoms with Crippen LogP contribution in [0, 0.1) is 12.8 Å². The molecule has 22 heavy (non-hydrogen) atoms. The number of nitrogens with zero attached hydrogens (tertiary/aromatic N) is 2. The number of aromatic nitrogens is 2. The van der Waals surface area contributed by atoms with Crippen LogP contribution in [0.5, 0.6) is 0 Å². The van der Waals surface area contributed by atoms with Gasteiger partial charge in [-0.15, -0.1) is 11.3 Å². The third kappa shape index (κ3) is 3.56. The smallest absolute Gasteiger partial charge is 0.267 e. The highest BCUT2D eigenvalue weighted by molar-refractivity contribution is 7.11. The summed E-state index contributed by atoms with van der Waals surface area (Å²) in [6, 6.07) is 3.90. The van der Waals surface area contributed by atoms with Crippen molar-refractivity contribution in [1.82, 2.24) is 20.2 Å². The number of H-pyrrole nitrogens is 1. The summed E-state index contributed by atoms with van der Waals surface area (Å²) in [4.78, 5) is 23.2. The van der Waals surface area contributed by atoms with E-state index in [0.717, 1.165) is 31.1 Å². The van der Waals surface area contributed by atoms with Gasteiger partial charge in [0.15, 0.2) is 0 Å². The van der Waals surface area contributed by atoms with E-state index in [1.807, 2.05) is 19.2 Å². The molecule has 0 aromatic carbocycles. The van der Waals surface area contributed by atoms with Gasteiger partial charge < -0.3 is 10.3 Å². The van der Waals surface area contributed by atoms with Crippen LogP contribution in [0.4, 0.5) is 0 Å². The molecule has 1 amide bonds. The predicted octanol–water partition coefficient (Wildman–Crippen LogP) is 2.42. The summed E-state index contributed by atoms with van der Waals surface area (Å²) < 4.78 is 0. The zero-order valence-corrected chi connectivity index (χ0v) is 13.8. The van der Waals surface area contributed by atoms with Gasteiger partial charge in [0.2, 0.25) is 0 Å². The predicted molar refractivity (Wildman–Crippen MR) is 88.0 cm³/mol. The fourth-order valence-corrected chi connectivity index (χ4v) is 3.84. The van der Waals surface area contributed by atoms with Crippen LogP contribution < -0.4 is 5.32 Å². The Bertz CT molecular complexity index is 622. The van der Waals surface area contributed by atoms with Crippen LogP contribution in [0.2, 0.25) is 0 Å². The third-order valence-corrected chi connectivity index (χ3v) is 5.09. The Morgan fingerprint density at radius 2 is 2.45 bits per heavy atom. The minimum absolute atomic E-state index is 0.00613. The molecule has 3 heterocycles. The zero-order chi connectivity index (χ0) is 15.5. The number of carbonyl (C=O) groups is 1. The number of aryl methyl sites for hydroxylation is 1. The van der Waals surface area contributed by atoms with Crippen molar-refractivity contribution in [3.05, 3.63) is 40.1 Å². The van der Waals surface area contributed by atoms with Gasteiger partial charge in [-0.05, 0) is 31.4 Å². The van der Waals surface area contributed by atoms with E-state index in [2.05, 4.69) is 27.1 Å². The maximum Gasteiger partial charge on any atom is 0.267 e. The molecule has 0 saturated carbocycles. The lowest BCUT2D eigenvalue weighted by Crippen LogP contribution is -2.49. The van der Waals surface area contributed by atoms with Crippen LogP contribution in [-0.2, 0) is 6.54 Å². The van der Waals surface area contributed by atoms with Gasteiger partial charge >= 0.3 is 0 Å². The van der Waals surface area contributed by atoms with E-state index in [4.69, 9.17) is 0 Å². The molecule has 2 atom stereocenters. The highest BCUT2D eigenvalue weighted by atomic mass is 32.1. The van der Waals surface area contributed by atoms with E-state index < -0.39 is 0 Å². The molecule has 118 valence electrons. The van der Waals surface area contributed by atoms with E-state index in [1.165, 1.54) is 4.88 Å². The van der Waals surface area contributed by atoms with E-state index in [-0.39, 0.29) is 11.9 Å². The Balaban J connectivity index is 1.52.